The van der Waals surface area contributed by atoms with Crippen molar-refractivity contribution in [3.8, 4) is 11.5 Å². The molecular formula is C13H15N3O. The van der Waals surface area contributed by atoms with Crippen molar-refractivity contribution in [3.05, 3.63) is 30.7 Å². The molecule has 0 amide bonds. The van der Waals surface area contributed by atoms with Crippen LogP contribution >= 0.6 is 0 Å². The van der Waals surface area contributed by atoms with Gasteiger partial charge >= 0.3 is 0 Å². The Morgan fingerprint density at radius 2 is 2.06 bits per heavy atom. The van der Waals surface area contributed by atoms with Crippen molar-refractivity contribution in [2.24, 2.45) is 5.92 Å². The highest BCUT2D eigenvalue weighted by Crippen LogP contribution is 2.26. The van der Waals surface area contributed by atoms with Gasteiger partial charge in [0.2, 0.25) is 12.3 Å². The summed E-state index contributed by atoms with van der Waals surface area (Å²) in [5.74, 6) is 1.43. The first-order valence-corrected chi connectivity index (χ1v) is 6.02. The average molecular weight is 229 g/mol. The van der Waals surface area contributed by atoms with Gasteiger partial charge in [-0.2, -0.15) is 0 Å². The highest BCUT2D eigenvalue weighted by molar-refractivity contribution is 5.58. The van der Waals surface area contributed by atoms with Crippen LogP contribution in [-0.2, 0) is 0 Å². The van der Waals surface area contributed by atoms with Crippen LogP contribution in [-0.4, -0.2) is 16.7 Å². The lowest BCUT2D eigenvalue weighted by Crippen LogP contribution is -2.20. The Hall–Kier alpha value is -1.84. The molecule has 3 rings (SSSR count). The number of anilines is 1. The van der Waals surface area contributed by atoms with Gasteiger partial charge < -0.3 is 9.73 Å². The van der Waals surface area contributed by atoms with Crippen molar-refractivity contribution in [1.29, 1.82) is 0 Å². The average Bonchev–Trinajstić information content (AvgIpc) is 2.81. The summed E-state index contributed by atoms with van der Waals surface area (Å²) in [5, 5.41) is 11.0. The van der Waals surface area contributed by atoms with Crippen molar-refractivity contribution in [3.63, 3.8) is 0 Å². The van der Waals surface area contributed by atoms with Gasteiger partial charge in [-0.15, -0.1) is 10.2 Å². The lowest BCUT2D eigenvalue weighted by molar-refractivity contribution is 0.333. The number of benzene rings is 1. The molecule has 0 radical (unpaired) electrons. The van der Waals surface area contributed by atoms with Gasteiger partial charge in [-0.3, -0.25) is 0 Å². The molecule has 4 heteroatoms. The third-order valence-electron chi connectivity index (χ3n) is 3.31. The Balaban J connectivity index is 1.63. The van der Waals surface area contributed by atoms with E-state index in [1.165, 1.54) is 25.7 Å². The summed E-state index contributed by atoms with van der Waals surface area (Å²) in [7, 11) is 0. The highest BCUT2D eigenvalue weighted by atomic mass is 16.4. The SMILES string of the molecule is c1nnc(-c2ccc(NCC3CCC3)cc2)o1. The lowest BCUT2D eigenvalue weighted by atomic mass is 9.85. The Morgan fingerprint density at radius 1 is 1.24 bits per heavy atom. The molecular weight excluding hydrogens is 214 g/mol. The molecule has 0 unspecified atom stereocenters. The number of rotatable bonds is 4. The van der Waals surface area contributed by atoms with Gasteiger partial charge in [0.25, 0.3) is 0 Å². The highest BCUT2D eigenvalue weighted by Gasteiger charge is 2.16. The molecule has 0 aliphatic heterocycles. The van der Waals surface area contributed by atoms with Crippen LogP contribution in [0.4, 0.5) is 5.69 Å². The molecule has 17 heavy (non-hydrogen) atoms. The van der Waals surface area contributed by atoms with E-state index in [1.54, 1.807) is 0 Å². The summed E-state index contributed by atoms with van der Waals surface area (Å²) in [6.07, 6.45) is 5.47. The first kappa shape index (κ1) is 10.3. The topological polar surface area (TPSA) is 51.0 Å². The molecule has 0 spiro atoms. The number of hydrogen-bond donors (Lipinski definition) is 1. The van der Waals surface area contributed by atoms with E-state index in [1.807, 2.05) is 12.1 Å². The van der Waals surface area contributed by atoms with E-state index in [9.17, 15) is 0 Å². The zero-order valence-corrected chi connectivity index (χ0v) is 9.60. The number of aromatic nitrogens is 2. The van der Waals surface area contributed by atoms with Gasteiger partial charge in [0.1, 0.15) is 0 Å². The maximum atomic E-state index is 5.14. The van der Waals surface area contributed by atoms with Crippen LogP contribution in [0.3, 0.4) is 0 Å². The smallest absolute Gasteiger partial charge is 0.247 e. The van der Waals surface area contributed by atoms with Crippen LogP contribution in [0.5, 0.6) is 0 Å². The zero-order valence-electron chi connectivity index (χ0n) is 9.60. The first-order valence-electron chi connectivity index (χ1n) is 6.02. The van der Waals surface area contributed by atoms with Gasteiger partial charge in [0.15, 0.2) is 0 Å². The maximum Gasteiger partial charge on any atom is 0.247 e. The van der Waals surface area contributed by atoms with E-state index in [0.29, 0.717) is 5.89 Å². The quantitative estimate of drug-likeness (QED) is 0.875. The van der Waals surface area contributed by atoms with Crippen molar-refractivity contribution in [2.75, 3.05) is 11.9 Å². The summed E-state index contributed by atoms with van der Waals surface area (Å²) in [5.41, 5.74) is 2.11. The second-order valence-electron chi connectivity index (χ2n) is 4.50. The second-order valence-corrected chi connectivity index (χ2v) is 4.50. The van der Waals surface area contributed by atoms with Gasteiger partial charge in [0.05, 0.1) is 0 Å². The molecule has 2 aromatic rings. The van der Waals surface area contributed by atoms with Crippen LogP contribution in [0.15, 0.2) is 35.1 Å². The van der Waals surface area contributed by atoms with Gasteiger partial charge in [-0.25, -0.2) is 0 Å². The second kappa shape index (κ2) is 4.57. The van der Waals surface area contributed by atoms with Crippen molar-refractivity contribution >= 4 is 5.69 Å². The largest absolute Gasteiger partial charge is 0.423 e. The fraction of sp³-hybridized carbons (Fsp3) is 0.385. The van der Waals surface area contributed by atoms with E-state index >= 15 is 0 Å². The molecule has 1 aromatic carbocycles. The molecule has 0 atom stereocenters. The Morgan fingerprint density at radius 3 is 2.65 bits per heavy atom. The molecule has 1 aliphatic rings. The summed E-state index contributed by atoms with van der Waals surface area (Å²) in [6.45, 7) is 1.08. The van der Waals surface area contributed by atoms with E-state index < -0.39 is 0 Å². The minimum atomic E-state index is 0.565. The Kier molecular flexibility index (Phi) is 2.78. The number of hydrogen-bond acceptors (Lipinski definition) is 4. The summed E-state index contributed by atoms with van der Waals surface area (Å²) in [4.78, 5) is 0. The molecule has 4 nitrogen and oxygen atoms in total. The minimum absolute atomic E-state index is 0.565. The molecule has 0 bridgehead atoms. The molecule has 0 saturated heterocycles. The number of nitrogens with one attached hydrogen (secondary N) is 1. The van der Waals surface area contributed by atoms with Crippen LogP contribution in [0, 0.1) is 5.92 Å². The van der Waals surface area contributed by atoms with E-state index in [2.05, 4.69) is 27.6 Å². The van der Waals surface area contributed by atoms with E-state index in [0.717, 1.165) is 23.7 Å². The summed E-state index contributed by atoms with van der Waals surface area (Å²) < 4.78 is 5.14. The fourth-order valence-corrected chi connectivity index (χ4v) is 1.99. The predicted octanol–water partition coefficient (Wildman–Crippen LogP) is 2.95. The molecule has 1 saturated carbocycles. The third-order valence-corrected chi connectivity index (χ3v) is 3.31. The molecule has 1 fully saturated rings. The third kappa shape index (κ3) is 2.30. The maximum absolute atomic E-state index is 5.14. The van der Waals surface area contributed by atoms with Crippen molar-refractivity contribution in [2.45, 2.75) is 19.3 Å². The number of nitrogens with zero attached hydrogens (tertiary/aromatic N) is 2. The first-order chi connectivity index (χ1) is 8.42. The van der Waals surface area contributed by atoms with E-state index in [-0.39, 0.29) is 0 Å². The molecule has 88 valence electrons. The van der Waals surface area contributed by atoms with Gasteiger partial charge in [0, 0.05) is 17.8 Å². The Labute approximate surface area is 100 Å². The molecule has 1 N–H and O–H groups in total. The molecule has 1 aromatic heterocycles. The standard InChI is InChI=1S/C13H15N3O/c1-2-10(3-1)8-14-12-6-4-11(5-7-12)13-16-15-9-17-13/h4-7,9-10,14H,1-3,8H2. The van der Waals surface area contributed by atoms with Crippen LogP contribution in [0.1, 0.15) is 19.3 Å². The van der Waals surface area contributed by atoms with Crippen LogP contribution in [0.25, 0.3) is 11.5 Å². The van der Waals surface area contributed by atoms with Crippen LogP contribution in [0.2, 0.25) is 0 Å². The van der Waals surface area contributed by atoms with E-state index in [4.69, 9.17) is 4.42 Å². The normalized spacial score (nSPS) is 15.5. The fourth-order valence-electron chi connectivity index (χ4n) is 1.99. The summed E-state index contributed by atoms with van der Waals surface area (Å²) in [6, 6.07) is 8.10. The van der Waals surface area contributed by atoms with Crippen molar-refractivity contribution < 1.29 is 4.42 Å². The van der Waals surface area contributed by atoms with Crippen molar-refractivity contribution in [1.82, 2.24) is 10.2 Å². The van der Waals surface area contributed by atoms with Gasteiger partial charge in [-0.05, 0) is 43.0 Å². The molecule has 1 heterocycles. The lowest BCUT2D eigenvalue weighted by Gasteiger charge is -2.25. The van der Waals surface area contributed by atoms with Gasteiger partial charge in [-0.1, -0.05) is 6.42 Å². The monoisotopic (exact) mass is 229 g/mol. The zero-order chi connectivity index (χ0) is 11.5. The minimum Gasteiger partial charge on any atom is -0.423 e. The predicted molar refractivity (Wildman–Crippen MR) is 65.6 cm³/mol. The van der Waals surface area contributed by atoms with Crippen LogP contribution < -0.4 is 5.32 Å². The summed E-state index contributed by atoms with van der Waals surface area (Å²) >= 11 is 0. The molecule has 1 aliphatic carbocycles. The Bertz CT molecular complexity index is 460.